The van der Waals surface area contributed by atoms with Gasteiger partial charge in [-0.05, 0) is 31.2 Å². The highest BCUT2D eigenvalue weighted by Crippen LogP contribution is 2.23. The van der Waals surface area contributed by atoms with Crippen molar-refractivity contribution in [3.8, 4) is 0 Å². The Morgan fingerprint density at radius 2 is 2.16 bits per heavy atom. The smallest absolute Gasteiger partial charge is 0.247 e. The van der Waals surface area contributed by atoms with Crippen LogP contribution in [0.25, 0.3) is 0 Å². The van der Waals surface area contributed by atoms with E-state index in [-0.39, 0.29) is 22.5 Å². The number of hydrogen-bond acceptors (Lipinski definition) is 4. The first kappa shape index (κ1) is 14.2. The van der Waals surface area contributed by atoms with E-state index in [1.165, 1.54) is 18.3 Å². The largest absolute Gasteiger partial charge is 0.393 e. The number of H-pyrrole nitrogens is 1. The Morgan fingerprint density at radius 3 is 2.79 bits per heavy atom. The Hall–Kier alpha value is -1.18. The summed E-state index contributed by atoms with van der Waals surface area (Å²) in [6, 6.07) is 2.45. The minimum absolute atomic E-state index is 0.0449. The fourth-order valence-electron chi connectivity index (χ4n) is 2.32. The predicted octanol–water partition coefficient (Wildman–Crippen LogP) is 0.204. The minimum atomic E-state index is -3.60. The van der Waals surface area contributed by atoms with Crippen molar-refractivity contribution in [3.05, 3.63) is 28.7 Å². The highest BCUT2D eigenvalue weighted by atomic mass is 32.2. The van der Waals surface area contributed by atoms with Crippen molar-refractivity contribution in [2.75, 3.05) is 6.54 Å². The van der Waals surface area contributed by atoms with Crippen LogP contribution in [0.1, 0.15) is 25.7 Å². The number of rotatable bonds is 4. The molecule has 1 aliphatic carbocycles. The van der Waals surface area contributed by atoms with Gasteiger partial charge in [0.1, 0.15) is 0 Å². The van der Waals surface area contributed by atoms with E-state index in [2.05, 4.69) is 9.71 Å². The maximum absolute atomic E-state index is 12.0. The van der Waals surface area contributed by atoms with Crippen LogP contribution in [0.3, 0.4) is 0 Å². The second kappa shape index (κ2) is 5.85. The lowest BCUT2D eigenvalue weighted by Crippen LogP contribution is -2.33. The van der Waals surface area contributed by atoms with Gasteiger partial charge in [-0.15, -0.1) is 0 Å². The molecule has 2 atom stereocenters. The molecule has 1 aromatic rings. The van der Waals surface area contributed by atoms with Crippen LogP contribution in [0, 0.1) is 5.92 Å². The molecule has 1 fully saturated rings. The molecule has 0 radical (unpaired) electrons. The lowest BCUT2D eigenvalue weighted by molar-refractivity contribution is 0.102. The zero-order chi connectivity index (χ0) is 13.9. The third-order valence-corrected chi connectivity index (χ3v) is 4.80. The maximum atomic E-state index is 12.0. The molecule has 1 saturated carbocycles. The fourth-order valence-corrected chi connectivity index (χ4v) is 3.41. The summed E-state index contributed by atoms with van der Waals surface area (Å²) in [6.45, 7) is 0.318. The standard InChI is InChI=1S/C12H18N2O4S/c15-10-3-1-2-9(6-10)7-14-19(17,18)11-4-5-12(16)13-8-11/h4-5,8-10,14-15H,1-3,6-7H2,(H,13,16). The number of hydrogen-bond donors (Lipinski definition) is 3. The van der Waals surface area contributed by atoms with Crippen molar-refractivity contribution in [1.82, 2.24) is 9.71 Å². The van der Waals surface area contributed by atoms with E-state index >= 15 is 0 Å². The summed E-state index contributed by atoms with van der Waals surface area (Å²) < 4.78 is 26.5. The van der Waals surface area contributed by atoms with Crippen molar-refractivity contribution in [1.29, 1.82) is 0 Å². The third-order valence-electron chi connectivity index (χ3n) is 3.38. The SMILES string of the molecule is O=c1ccc(S(=O)(=O)NCC2CCCC(O)C2)c[nH]1. The third kappa shape index (κ3) is 3.89. The Morgan fingerprint density at radius 1 is 1.37 bits per heavy atom. The molecule has 0 aromatic carbocycles. The maximum Gasteiger partial charge on any atom is 0.247 e. The zero-order valence-electron chi connectivity index (χ0n) is 10.5. The van der Waals surface area contributed by atoms with E-state index < -0.39 is 10.0 Å². The number of aliphatic hydroxyl groups excluding tert-OH is 1. The molecule has 6 nitrogen and oxygen atoms in total. The molecule has 0 amide bonds. The molecule has 1 heterocycles. The molecule has 2 unspecified atom stereocenters. The van der Waals surface area contributed by atoms with Gasteiger partial charge < -0.3 is 10.1 Å². The van der Waals surface area contributed by atoms with E-state index in [0.29, 0.717) is 13.0 Å². The van der Waals surface area contributed by atoms with E-state index in [4.69, 9.17) is 0 Å². The number of aliphatic hydroxyl groups is 1. The monoisotopic (exact) mass is 286 g/mol. The molecule has 7 heteroatoms. The fraction of sp³-hybridized carbons (Fsp3) is 0.583. The van der Waals surface area contributed by atoms with E-state index in [0.717, 1.165) is 19.3 Å². The van der Waals surface area contributed by atoms with E-state index in [1.54, 1.807) is 0 Å². The number of pyridine rings is 1. The molecule has 0 aliphatic heterocycles. The van der Waals surface area contributed by atoms with Gasteiger partial charge in [0.2, 0.25) is 15.6 Å². The summed E-state index contributed by atoms with van der Waals surface area (Å²) in [6.07, 6.45) is 4.13. The molecule has 106 valence electrons. The molecule has 19 heavy (non-hydrogen) atoms. The molecular weight excluding hydrogens is 268 g/mol. The summed E-state index contributed by atoms with van der Waals surface area (Å²) in [4.78, 5) is 13.3. The number of aromatic amines is 1. The van der Waals surface area contributed by atoms with Gasteiger partial charge in [0.05, 0.1) is 11.0 Å². The minimum Gasteiger partial charge on any atom is -0.393 e. The first-order valence-electron chi connectivity index (χ1n) is 6.34. The van der Waals surface area contributed by atoms with Gasteiger partial charge in [-0.1, -0.05) is 6.42 Å². The second-order valence-corrected chi connectivity index (χ2v) is 6.69. The first-order valence-corrected chi connectivity index (χ1v) is 7.82. The highest BCUT2D eigenvalue weighted by molar-refractivity contribution is 7.89. The van der Waals surface area contributed by atoms with Crippen LogP contribution in [0.5, 0.6) is 0 Å². The van der Waals surface area contributed by atoms with Crippen LogP contribution in [-0.2, 0) is 10.0 Å². The van der Waals surface area contributed by atoms with Gasteiger partial charge in [0.25, 0.3) is 0 Å². The Kier molecular flexibility index (Phi) is 4.38. The predicted molar refractivity (Wildman–Crippen MR) is 70.2 cm³/mol. The van der Waals surface area contributed by atoms with E-state index in [1.807, 2.05) is 0 Å². The molecule has 1 aliphatic rings. The lowest BCUT2D eigenvalue weighted by Gasteiger charge is -2.25. The van der Waals surface area contributed by atoms with Gasteiger partial charge in [0.15, 0.2) is 0 Å². The molecule has 0 saturated heterocycles. The molecule has 2 rings (SSSR count). The second-order valence-electron chi connectivity index (χ2n) is 4.93. The molecule has 0 spiro atoms. The van der Waals surface area contributed by atoms with Gasteiger partial charge >= 0.3 is 0 Å². The number of sulfonamides is 1. The zero-order valence-corrected chi connectivity index (χ0v) is 11.3. The summed E-state index contributed by atoms with van der Waals surface area (Å²) in [5.41, 5.74) is -0.339. The Bertz CT molecular complexity index is 561. The van der Waals surface area contributed by atoms with Crippen molar-refractivity contribution in [2.45, 2.75) is 36.7 Å². The van der Waals surface area contributed by atoms with Crippen molar-refractivity contribution < 1.29 is 13.5 Å². The summed E-state index contributed by atoms with van der Waals surface area (Å²) >= 11 is 0. The van der Waals surface area contributed by atoms with Crippen LogP contribution < -0.4 is 10.3 Å². The average molecular weight is 286 g/mol. The van der Waals surface area contributed by atoms with Crippen LogP contribution in [0.4, 0.5) is 0 Å². The van der Waals surface area contributed by atoms with Crippen LogP contribution in [0.15, 0.2) is 28.0 Å². The van der Waals surface area contributed by atoms with Crippen LogP contribution >= 0.6 is 0 Å². The van der Waals surface area contributed by atoms with Crippen molar-refractivity contribution in [3.63, 3.8) is 0 Å². The van der Waals surface area contributed by atoms with Gasteiger partial charge in [0, 0.05) is 18.8 Å². The van der Waals surface area contributed by atoms with Crippen LogP contribution in [-0.4, -0.2) is 31.2 Å². The molecular formula is C12H18N2O4S. The van der Waals surface area contributed by atoms with Gasteiger partial charge in [-0.2, -0.15) is 0 Å². The molecule has 3 N–H and O–H groups in total. The summed E-state index contributed by atoms with van der Waals surface area (Å²) in [7, 11) is -3.60. The Balaban J connectivity index is 1.97. The number of aromatic nitrogens is 1. The molecule has 0 bridgehead atoms. The summed E-state index contributed by atoms with van der Waals surface area (Å²) in [5, 5.41) is 9.54. The quantitative estimate of drug-likeness (QED) is 0.736. The summed E-state index contributed by atoms with van der Waals surface area (Å²) in [5.74, 6) is 0.168. The average Bonchev–Trinajstić information content (AvgIpc) is 2.37. The van der Waals surface area contributed by atoms with E-state index in [9.17, 15) is 18.3 Å². The molecule has 1 aromatic heterocycles. The van der Waals surface area contributed by atoms with Crippen molar-refractivity contribution >= 4 is 10.0 Å². The lowest BCUT2D eigenvalue weighted by atomic mass is 9.87. The topological polar surface area (TPSA) is 99.3 Å². The van der Waals surface area contributed by atoms with Gasteiger partial charge in [-0.25, -0.2) is 13.1 Å². The van der Waals surface area contributed by atoms with Gasteiger partial charge in [-0.3, -0.25) is 4.79 Å². The normalized spacial score (nSPS) is 24.3. The number of nitrogens with one attached hydrogen (secondary N) is 2. The van der Waals surface area contributed by atoms with Crippen molar-refractivity contribution in [2.24, 2.45) is 5.92 Å². The Labute approximate surface area is 111 Å². The first-order chi connectivity index (χ1) is 8.97. The van der Waals surface area contributed by atoms with Crippen LogP contribution in [0.2, 0.25) is 0 Å². The highest BCUT2D eigenvalue weighted by Gasteiger charge is 2.22.